The van der Waals surface area contributed by atoms with Gasteiger partial charge in [0.15, 0.2) is 0 Å². The highest BCUT2D eigenvalue weighted by Gasteiger charge is 2.48. The molecule has 2 heterocycles. The number of nitrogens with zero attached hydrogens (tertiary/aromatic N) is 4. The number of aromatic nitrogens is 1. The molecule has 9 heteroatoms. The molecule has 30 heavy (non-hydrogen) atoms. The summed E-state index contributed by atoms with van der Waals surface area (Å²) in [6.45, 7) is 1.46. The maximum atomic E-state index is 13.4. The quantitative estimate of drug-likeness (QED) is 0.608. The Morgan fingerprint density at radius 1 is 1.20 bits per heavy atom. The normalized spacial score (nSPS) is 17.5. The van der Waals surface area contributed by atoms with Gasteiger partial charge in [-0.25, -0.2) is 9.37 Å². The van der Waals surface area contributed by atoms with Crippen LogP contribution in [-0.4, -0.2) is 53.9 Å². The van der Waals surface area contributed by atoms with Crippen molar-refractivity contribution >= 4 is 6.34 Å². The fourth-order valence-electron chi connectivity index (χ4n) is 3.41. The summed E-state index contributed by atoms with van der Waals surface area (Å²) in [5.74, 6) is 0.365. The number of hydrogen-bond donors (Lipinski definition) is 0. The van der Waals surface area contributed by atoms with Crippen LogP contribution in [0.4, 0.5) is 17.6 Å². The molecule has 2 atom stereocenters. The summed E-state index contributed by atoms with van der Waals surface area (Å²) in [5, 5.41) is 4.86. The van der Waals surface area contributed by atoms with E-state index in [-0.39, 0.29) is 6.54 Å². The van der Waals surface area contributed by atoms with Crippen LogP contribution in [0.15, 0.2) is 41.6 Å². The molecule has 3 rings (SSSR count). The number of halogens is 4. The van der Waals surface area contributed by atoms with Crippen LogP contribution in [0.5, 0.6) is 5.88 Å². The van der Waals surface area contributed by atoms with Gasteiger partial charge in [0, 0.05) is 18.8 Å². The molecule has 0 radical (unpaired) electrons. The summed E-state index contributed by atoms with van der Waals surface area (Å²) in [6, 6.07) is 9.32. The number of methoxy groups -OCH3 is 1. The number of aryl methyl sites for hydroxylation is 1. The SMILES string of the molecule is COc1ncc(CN2N=CN(C)C2C(F)(F)F)cc1-c1cccc(CCC(C)F)c1. The molecular formula is C21H24F4N4O. The van der Waals surface area contributed by atoms with E-state index in [0.29, 0.717) is 29.8 Å². The summed E-state index contributed by atoms with van der Waals surface area (Å²) in [6.07, 6.45) is -3.52. The fourth-order valence-corrected chi connectivity index (χ4v) is 3.41. The smallest absolute Gasteiger partial charge is 0.429 e. The number of alkyl halides is 4. The zero-order valence-corrected chi connectivity index (χ0v) is 17.0. The van der Waals surface area contributed by atoms with Gasteiger partial charge in [-0.2, -0.15) is 18.3 Å². The fraction of sp³-hybridized carbons (Fsp3) is 0.429. The maximum absolute atomic E-state index is 13.4. The van der Waals surface area contributed by atoms with Crippen LogP contribution in [0.1, 0.15) is 24.5 Å². The zero-order chi connectivity index (χ0) is 21.9. The van der Waals surface area contributed by atoms with Crippen molar-refractivity contribution in [3.63, 3.8) is 0 Å². The molecule has 2 aromatic rings. The van der Waals surface area contributed by atoms with Crippen LogP contribution >= 0.6 is 0 Å². The van der Waals surface area contributed by atoms with Gasteiger partial charge in [0.1, 0.15) is 6.34 Å². The van der Waals surface area contributed by atoms with Gasteiger partial charge < -0.3 is 9.64 Å². The van der Waals surface area contributed by atoms with Crippen molar-refractivity contribution in [3.05, 3.63) is 47.7 Å². The predicted octanol–water partition coefficient (Wildman–Crippen LogP) is 4.63. The van der Waals surface area contributed by atoms with Gasteiger partial charge in [-0.05, 0) is 42.5 Å². The second-order valence-corrected chi connectivity index (χ2v) is 7.33. The maximum Gasteiger partial charge on any atom is 0.429 e. The standard InChI is InChI=1S/C21H24F4N4O/c1-14(22)7-8-15-5-4-6-17(9-15)18-10-16(11-26-19(18)30-3)12-29-20(21(23,24)25)28(2)13-27-29/h4-6,9-11,13-14,20H,7-8,12H2,1-3H3. The molecule has 0 saturated heterocycles. The van der Waals surface area contributed by atoms with Gasteiger partial charge in [0.05, 0.1) is 19.8 Å². The van der Waals surface area contributed by atoms with Crippen molar-refractivity contribution in [2.75, 3.05) is 14.2 Å². The first-order chi connectivity index (χ1) is 14.2. The van der Waals surface area contributed by atoms with Crippen molar-refractivity contribution in [2.24, 2.45) is 5.10 Å². The molecule has 0 bridgehead atoms. The summed E-state index contributed by atoms with van der Waals surface area (Å²) in [5.41, 5.74) is 2.99. The third-order valence-electron chi connectivity index (χ3n) is 4.86. The Morgan fingerprint density at radius 3 is 2.63 bits per heavy atom. The number of pyridine rings is 1. The molecule has 0 fully saturated rings. The summed E-state index contributed by atoms with van der Waals surface area (Å²) in [4.78, 5) is 5.29. The molecule has 1 aromatic heterocycles. The minimum Gasteiger partial charge on any atom is -0.481 e. The first kappa shape index (κ1) is 21.9. The minimum atomic E-state index is -4.45. The van der Waals surface area contributed by atoms with E-state index in [1.807, 2.05) is 24.3 Å². The van der Waals surface area contributed by atoms with Crippen molar-refractivity contribution in [2.45, 2.75) is 44.8 Å². The van der Waals surface area contributed by atoms with Crippen molar-refractivity contribution in [3.8, 4) is 17.0 Å². The van der Waals surface area contributed by atoms with E-state index in [2.05, 4.69) is 10.1 Å². The lowest BCUT2D eigenvalue weighted by atomic mass is 10.00. The molecule has 162 valence electrons. The number of hydrogen-bond acceptors (Lipinski definition) is 5. The Bertz CT molecular complexity index is 901. The number of benzene rings is 1. The highest BCUT2D eigenvalue weighted by atomic mass is 19.4. The van der Waals surface area contributed by atoms with Crippen molar-refractivity contribution < 1.29 is 22.3 Å². The average Bonchev–Trinajstić information content (AvgIpc) is 3.07. The van der Waals surface area contributed by atoms with Gasteiger partial charge in [-0.15, -0.1) is 0 Å². The third-order valence-corrected chi connectivity index (χ3v) is 4.86. The average molecular weight is 424 g/mol. The van der Waals surface area contributed by atoms with Gasteiger partial charge in [-0.1, -0.05) is 24.3 Å². The van der Waals surface area contributed by atoms with Crippen LogP contribution in [0.2, 0.25) is 0 Å². The van der Waals surface area contributed by atoms with E-state index in [9.17, 15) is 17.6 Å². The van der Waals surface area contributed by atoms with Crippen LogP contribution < -0.4 is 4.74 Å². The van der Waals surface area contributed by atoms with Crippen LogP contribution in [0.3, 0.4) is 0 Å². The Balaban J connectivity index is 1.88. The summed E-state index contributed by atoms with van der Waals surface area (Å²) < 4.78 is 58.7. The Labute approximate surface area is 173 Å². The lowest BCUT2D eigenvalue weighted by Crippen LogP contribution is -2.48. The molecule has 5 nitrogen and oxygen atoms in total. The third kappa shape index (κ3) is 5.01. The molecule has 0 spiro atoms. The Morgan fingerprint density at radius 2 is 1.97 bits per heavy atom. The number of rotatable bonds is 7. The molecule has 2 unspecified atom stereocenters. The van der Waals surface area contributed by atoms with Crippen molar-refractivity contribution in [1.82, 2.24) is 14.9 Å². The molecule has 1 aromatic carbocycles. The lowest BCUT2D eigenvalue weighted by molar-refractivity contribution is -0.206. The molecule has 1 aliphatic rings. The molecule has 0 amide bonds. The van der Waals surface area contributed by atoms with Gasteiger partial charge in [-0.3, -0.25) is 5.01 Å². The van der Waals surface area contributed by atoms with Gasteiger partial charge >= 0.3 is 6.18 Å². The van der Waals surface area contributed by atoms with E-state index >= 15 is 0 Å². The Kier molecular flexibility index (Phi) is 6.48. The number of hydrazone groups is 1. The largest absolute Gasteiger partial charge is 0.481 e. The van der Waals surface area contributed by atoms with Crippen LogP contribution in [0.25, 0.3) is 11.1 Å². The summed E-state index contributed by atoms with van der Waals surface area (Å²) >= 11 is 0. The first-order valence-corrected chi connectivity index (χ1v) is 9.54. The summed E-state index contributed by atoms with van der Waals surface area (Å²) in [7, 11) is 2.82. The zero-order valence-electron chi connectivity index (χ0n) is 17.0. The van der Waals surface area contributed by atoms with Gasteiger partial charge in [0.25, 0.3) is 0 Å². The predicted molar refractivity (Wildman–Crippen MR) is 107 cm³/mol. The topological polar surface area (TPSA) is 41.0 Å². The van der Waals surface area contributed by atoms with E-state index < -0.39 is 18.5 Å². The lowest BCUT2D eigenvalue weighted by Gasteiger charge is -2.29. The highest BCUT2D eigenvalue weighted by molar-refractivity contribution is 5.69. The monoisotopic (exact) mass is 424 g/mol. The van der Waals surface area contributed by atoms with Crippen molar-refractivity contribution in [1.29, 1.82) is 0 Å². The minimum absolute atomic E-state index is 0.0614. The second-order valence-electron chi connectivity index (χ2n) is 7.33. The molecule has 0 N–H and O–H groups in total. The number of ether oxygens (including phenoxy) is 1. The van der Waals surface area contributed by atoms with Crippen LogP contribution in [-0.2, 0) is 13.0 Å². The Hall–Kier alpha value is -2.84. The van der Waals surface area contributed by atoms with E-state index in [4.69, 9.17) is 4.74 Å². The van der Waals surface area contributed by atoms with Crippen LogP contribution in [0, 0.1) is 0 Å². The highest BCUT2D eigenvalue weighted by Crippen LogP contribution is 2.33. The van der Waals surface area contributed by atoms with E-state index in [1.54, 1.807) is 6.07 Å². The molecule has 0 aliphatic carbocycles. The molecular weight excluding hydrogens is 400 g/mol. The first-order valence-electron chi connectivity index (χ1n) is 9.54. The van der Waals surface area contributed by atoms with Gasteiger partial charge in [0.2, 0.25) is 12.0 Å². The van der Waals surface area contributed by atoms with E-state index in [0.717, 1.165) is 27.4 Å². The van der Waals surface area contributed by atoms with E-state index in [1.165, 1.54) is 27.3 Å². The molecule has 1 aliphatic heterocycles. The second kappa shape index (κ2) is 8.89. The molecule has 0 saturated carbocycles.